The molecule has 3 aliphatic rings. The largest absolute Gasteiger partial charge is 0.493 e. The maximum absolute atomic E-state index is 6.37. The molecule has 2 heterocycles. The Balaban J connectivity index is 1.40. The van der Waals surface area contributed by atoms with Crippen molar-refractivity contribution in [2.45, 2.75) is 137 Å². The van der Waals surface area contributed by atoms with Gasteiger partial charge in [-0.3, -0.25) is 0 Å². The lowest BCUT2D eigenvalue weighted by atomic mass is 9.73. The Morgan fingerprint density at radius 2 is 1.64 bits per heavy atom. The third-order valence-electron chi connectivity index (χ3n) is 11.4. The molecule has 1 aliphatic heterocycles. The van der Waals surface area contributed by atoms with Gasteiger partial charge in [-0.25, -0.2) is 0 Å². The van der Waals surface area contributed by atoms with E-state index in [9.17, 15) is 0 Å². The first-order valence-corrected chi connectivity index (χ1v) is 19.5. The number of nitrogens with zero attached hydrogens (tertiary/aromatic N) is 1. The van der Waals surface area contributed by atoms with Gasteiger partial charge in [0, 0.05) is 12.1 Å². The molecule has 0 radical (unpaired) electrons. The van der Waals surface area contributed by atoms with Crippen LogP contribution < -0.4 is 9.47 Å². The maximum Gasteiger partial charge on any atom is 0.161 e. The molecule has 1 unspecified atom stereocenters. The molecule has 0 N–H and O–H groups in total. The second-order valence-corrected chi connectivity index (χ2v) is 15.1. The normalized spacial score (nSPS) is 24.7. The fraction of sp³-hybridized carbons (Fsp3) is 0.674. The minimum Gasteiger partial charge on any atom is -0.493 e. The minimum atomic E-state index is 0.725. The number of benzene rings is 1. The topological polar surface area (TPSA) is 34.8 Å². The fourth-order valence-corrected chi connectivity index (χ4v) is 8.80. The number of furan rings is 1. The molecule has 4 nitrogen and oxygen atoms in total. The maximum atomic E-state index is 6.37. The smallest absolute Gasteiger partial charge is 0.161 e. The van der Waals surface area contributed by atoms with Crippen molar-refractivity contribution in [2.75, 3.05) is 33.4 Å². The molecule has 1 saturated heterocycles. The van der Waals surface area contributed by atoms with Crippen molar-refractivity contribution >= 4 is 11.1 Å². The van der Waals surface area contributed by atoms with Crippen LogP contribution in [0.3, 0.4) is 0 Å². The van der Waals surface area contributed by atoms with Crippen LogP contribution in [-0.2, 0) is 0 Å². The first kappa shape index (κ1) is 35.8. The Bertz CT molecular complexity index is 1300. The quantitative estimate of drug-likeness (QED) is 0.181. The van der Waals surface area contributed by atoms with Crippen LogP contribution in [0.2, 0.25) is 0 Å². The van der Waals surface area contributed by atoms with Gasteiger partial charge in [0.15, 0.2) is 11.5 Å². The first-order valence-electron chi connectivity index (χ1n) is 19.5. The van der Waals surface area contributed by atoms with Crippen LogP contribution in [0.5, 0.6) is 11.5 Å². The summed E-state index contributed by atoms with van der Waals surface area (Å²) in [6.07, 6.45) is 24.5. The zero-order chi connectivity index (χ0) is 33.0. The van der Waals surface area contributed by atoms with Gasteiger partial charge in [-0.1, -0.05) is 71.3 Å². The lowest BCUT2D eigenvalue weighted by Crippen LogP contribution is -2.22. The molecule has 1 aromatic heterocycles. The minimum absolute atomic E-state index is 0.725. The predicted octanol–water partition coefficient (Wildman–Crippen LogP) is 12.0. The third kappa shape index (κ3) is 10.0. The second-order valence-electron chi connectivity index (χ2n) is 15.1. The van der Waals surface area contributed by atoms with Crippen molar-refractivity contribution < 1.29 is 13.9 Å². The summed E-state index contributed by atoms with van der Waals surface area (Å²) in [7, 11) is 1.79. The van der Waals surface area contributed by atoms with E-state index in [0.29, 0.717) is 0 Å². The number of hydrogen-bond acceptors (Lipinski definition) is 4. The summed E-state index contributed by atoms with van der Waals surface area (Å²) in [6.45, 7) is 13.3. The predicted molar refractivity (Wildman–Crippen MR) is 198 cm³/mol. The van der Waals surface area contributed by atoms with Crippen molar-refractivity contribution in [1.29, 1.82) is 0 Å². The number of methoxy groups -OCH3 is 1. The number of aryl methyl sites for hydroxylation is 2. The van der Waals surface area contributed by atoms with Crippen LogP contribution in [0, 0.1) is 31.6 Å². The standard InChI is InChI=1S/C43H65NO3/c1-6-8-15-39(41-24-17-33(4)47-41)38-23-22-35(30-36-20-18-34(13-7-2)19-21-36)14-11-16-37(38)40-31-42(45-5)43(29-32(40)3)46-28-12-27-44-25-9-10-26-44/h15,17,24,29,31,34-36H,6-14,16,18-23,25-28,30H2,1-5H3/b38-37+,39-15-. The molecular weight excluding hydrogens is 578 g/mol. The molecule has 1 aromatic carbocycles. The number of likely N-dealkylation sites (tertiary alicyclic amines) is 1. The monoisotopic (exact) mass is 643 g/mol. The molecule has 2 aliphatic carbocycles. The van der Waals surface area contributed by atoms with E-state index >= 15 is 0 Å². The molecule has 2 aromatic rings. The van der Waals surface area contributed by atoms with E-state index in [4.69, 9.17) is 13.9 Å². The number of rotatable bonds is 15. The van der Waals surface area contributed by atoms with E-state index in [1.165, 1.54) is 118 Å². The molecule has 47 heavy (non-hydrogen) atoms. The van der Waals surface area contributed by atoms with E-state index < -0.39 is 0 Å². The highest BCUT2D eigenvalue weighted by Crippen LogP contribution is 2.45. The van der Waals surface area contributed by atoms with Crippen LogP contribution in [0.25, 0.3) is 11.1 Å². The van der Waals surface area contributed by atoms with Gasteiger partial charge in [0.2, 0.25) is 0 Å². The molecule has 1 saturated carbocycles. The summed E-state index contributed by atoms with van der Waals surface area (Å²) in [6, 6.07) is 8.83. The molecule has 0 spiro atoms. The highest BCUT2D eigenvalue weighted by molar-refractivity contribution is 5.89. The van der Waals surface area contributed by atoms with Gasteiger partial charge < -0.3 is 18.8 Å². The third-order valence-corrected chi connectivity index (χ3v) is 11.4. The van der Waals surface area contributed by atoms with Crippen molar-refractivity contribution in [1.82, 2.24) is 4.90 Å². The molecule has 2 fully saturated rings. The first-order chi connectivity index (χ1) is 23.0. The molecule has 260 valence electrons. The van der Waals surface area contributed by atoms with Gasteiger partial charge in [-0.2, -0.15) is 0 Å². The van der Waals surface area contributed by atoms with Gasteiger partial charge in [0.25, 0.3) is 0 Å². The van der Waals surface area contributed by atoms with E-state index in [-0.39, 0.29) is 0 Å². The van der Waals surface area contributed by atoms with E-state index in [0.717, 1.165) is 86.0 Å². The average molecular weight is 644 g/mol. The summed E-state index contributed by atoms with van der Waals surface area (Å²) in [5, 5.41) is 0. The number of hydrogen-bond donors (Lipinski definition) is 0. The number of unbranched alkanes of at least 4 members (excludes halogenated alkanes) is 1. The zero-order valence-electron chi connectivity index (χ0n) is 30.6. The van der Waals surface area contributed by atoms with Gasteiger partial charge in [-0.05, 0) is 149 Å². The molecule has 5 rings (SSSR count). The Hall–Kier alpha value is -2.46. The van der Waals surface area contributed by atoms with Gasteiger partial charge >= 0.3 is 0 Å². The highest BCUT2D eigenvalue weighted by Gasteiger charge is 2.27. The van der Waals surface area contributed by atoms with Crippen molar-refractivity contribution in [3.05, 3.63) is 58.6 Å². The molecule has 0 bridgehead atoms. The summed E-state index contributed by atoms with van der Waals surface area (Å²) >= 11 is 0. The lowest BCUT2D eigenvalue weighted by molar-refractivity contribution is 0.217. The van der Waals surface area contributed by atoms with Crippen molar-refractivity contribution in [3.8, 4) is 11.5 Å². The van der Waals surface area contributed by atoms with Crippen LogP contribution in [0.15, 0.2) is 40.3 Å². The van der Waals surface area contributed by atoms with Crippen LogP contribution in [0.4, 0.5) is 0 Å². The van der Waals surface area contributed by atoms with Gasteiger partial charge in [0.1, 0.15) is 11.5 Å². The SMILES string of the molecule is CCC/C=C(/C1=C(/c2cc(OC)c(OCCCN3CCCC3)cc2C)CCCC(CC2CCC(CCC)CC2)CC1)c1ccc(C)o1. The summed E-state index contributed by atoms with van der Waals surface area (Å²) in [4.78, 5) is 2.56. The Kier molecular flexibility index (Phi) is 14.0. The Morgan fingerprint density at radius 3 is 2.34 bits per heavy atom. The average Bonchev–Trinajstić information content (AvgIpc) is 3.75. The van der Waals surface area contributed by atoms with Gasteiger partial charge in [0.05, 0.1) is 13.7 Å². The van der Waals surface area contributed by atoms with Crippen molar-refractivity contribution in [3.63, 3.8) is 0 Å². The molecule has 4 heteroatoms. The Labute approximate surface area is 287 Å². The van der Waals surface area contributed by atoms with Crippen molar-refractivity contribution in [2.24, 2.45) is 17.8 Å². The molecule has 1 atom stereocenters. The fourth-order valence-electron chi connectivity index (χ4n) is 8.80. The van der Waals surface area contributed by atoms with E-state index in [1.807, 2.05) is 0 Å². The van der Waals surface area contributed by atoms with E-state index in [2.05, 4.69) is 62.9 Å². The lowest BCUT2D eigenvalue weighted by Gasteiger charge is -2.32. The van der Waals surface area contributed by atoms with Crippen LogP contribution >= 0.6 is 0 Å². The van der Waals surface area contributed by atoms with Crippen LogP contribution in [-0.4, -0.2) is 38.3 Å². The highest BCUT2D eigenvalue weighted by atomic mass is 16.5. The Morgan fingerprint density at radius 1 is 0.872 bits per heavy atom. The van der Waals surface area contributed by atoms with E-state index in [1.54, 1.807) is 7.11 Å². The number of allylic oxidation sites excluding steroid dienone is 4. The van der Waals surface area contributed by atoms with Gasteiger partial charge in [-0.15, -0.1) is 0 Å². The van der Waals surface area contributed by atoms with Crippen LogP contribution in [0.1, 0.15) is 146 Å². The molecule has 0 amide bonds. The molecular formula is C43H65NO3. The summed E-state index contributed by atoms with van der Waals surface area (Å²) < 4.78 is 18.7. The second kappa shape index (κ2) is 18.3. The number of ether oxygens (including phenoxy) is 2. The zero-order valence-corrected chi connectivity index (χ0v) is 30.6. The summed E-state index contributed by atoms with van der Waals surface area (Å²) in [5.74, 6) is 6.47. The summed E-state index contributed by atoms with van der Waals surface area (Å²) in [5.41, 5.74) is 6.89.